The number of hydrogen-bond donors (Lipinski definition) is 1. The first-order valence-corrected chi connectivity index (χ1v) is 11.3. The molecule has 2 aromatic carbocycles. The molecule has 1 saturated heterocycles. The maximum atomic E-state index is 13.0. The lowest BCUT2D eigenvalue weighted by Crippen LogP contribution is -2.49. The molecule has 160 valence electrons. The van der Waals surface area contributed by atoms with Crippen molar-refractivity contribution in [3.05, 3.63) is 60.7 Å². The third-order valence-corrected chi connectivity index (χ3v) is 6.52. The zero-order valence-corrected chi connectivity index (χ0v) is 18.2. The highest BCUT2D eigenvalue weighted by Gasteiger charge is 2.31. The van der Waals surface area contributed by atoms with Gasteiger partial charge in [0.1, 0.15) is 0 Å². The van der Waals surface area contributed by atoms with Crippen molar-refractivity contribution in [3.8, 4) is 17.1 Å². The Hall–Kier alpha value is -3.13. The summed E-state index contributed by atoms with van der Waals surface area (Å²) >= 11 is 1.35. The van der Waals surface area contributed by atoms with Crippen LogP contribution in [0, 0.1) is 5.92 Å². The van der Waals surface area contributed by atoms with Gasteiger partial charge in [-0.25, -0.2) is 0 Å². The maximum Gasteiger partial charge on any atom is 0.233 e. The second-order valence-electron chi connectivity index (χ2n) is 7.70. The van der Waals surface area contributed by atoms with Gasteiger partial charge in [-0.05, 0) is 31.9 Å². The van der Waals surface area contributed by atoms with Gasteiger partial charge in [0.2, 0.25) is 11.8 Å². The fourth-order valence-corrected chi connectivity index (χ4v) is 4.68. The molecule has 0 spiro atoms. The number of thioether (sulfide) groups is 1. The van der Waals surface area contributed by atoms with E-state index < -0.39 is 0 Å². The molecule has 31 heavy (non-hydrogen) atoms. The molecule has 1 aliphatic rings. The van der Waals surface area contributed by atoms with Crippen molar-refractivity contribution >= 4 is 23.6 Å². The molecular weight excluding hydrogens is 410 g/mol. The summed E-state index contributed by atoms with van der Waals surface area (Å²) in [4.78, 5) is 26.3. The molecule has 1 aromatic heterocycles. The number of nitrogens with zero attached hydrogens (tertiary/aromatic N) is 4. The average molecular weight is 436 g/mol. The summed E-state index contributed by atoms with van der Waals surface area (Å²) in [6, 6.07) is 19.8. The summed E-state index contributed by atoms with van der Waals surface area (Å²) < 4.78 is 1.97. The van der Waals surface area contributed by atoms with Gasteiger partial charge >= 0.3 is 0 Å². The van der Waals surface area contributed by atoms with Crippen LogP contribution in [0.2, 0.25) is 0 Å². The largest absolute Gasteiger partial charge is 0.369 e. The zero-order valence-electron chi connectivity index (χ0n) is 17.3. The molecule has 4 rings (SSSR count). The molecule has 1 aliphatic heterocycles. The molecule has 0 radical (unpaired) electrons. The lowest BCUT2D eigenvalue weighted by molar-refractivity contribution is -0.135. The Morgan fingerprint density at radius 1 is 1.03 bits per heavy atom. The number of likely N-dealkylation sites (tertiary alicyclic amines) is 1. The van der Waals surface area contributed by atoms with Gasteiger partial charge in [0.05, 0.1) is 11.7 Å². The molecule has 2 amide bonds. The Balaban J connectivity index is 1.57. The number of amides is 2. The lowest BCUT2D eigenvalue weighted by Gasteiger charge is -2.36. The quantitative estimate of drug-likeness (QED) is 0.601. The minimum absolute atomic E-state index is 0.0210. The number of rotatable bonds is 6. The molecule has 2 heterocycles. The zero-order chi connectivity index (χ0) is 21.8. The summed E-state index contributed by atoms with van der Waals surface area (Å²) in [6.07, 6.45) is 1.51. The number of carbonyl (C=O) groups is 2. The SMILES string of the molecule is CC1CCC(C(N)=O)CN1C(=O)CSc1nnc(-c2ccccc2)n1-c1ccccc1. The molecule has 1 fully saturated rings. The van der Waals surface area contributed by atoms with Crippen molar-refractivity contribution in [1.29, 1.82) is 0 Å². The Morgan fingerprint density at radius 2 is 1.71 bits per heavy atom. The van der Waals surface area contributed by atoms with Crippen LogP contribution < -0.4 is 5.73 Å². The Labute approximate surface area is 185 Å². The molecular formula is C23H25N5O2S. The molecule has 2 N–H and O–H groups in total. The average Bonchev–Trinajstić information content (AvgIpc) is 3.22. The first-order chi connectivity index (χ1) is 15.0. The van der Waals surface area contributed by atoms with E-state index in [1.54, 1.807) is 4.90 Å². The molecule has 0 aliphatic carbocycles. The minimum atomic E-state index is -0.339. The maximum absolute atomic E-state index is 13.0. The van der Waals surface area contributed by atoms with Crippen LogP contribution in [0.25, 0.3) is 17.1 Å². The highest BCUT2D eigenvalue weighted by molar-refractivity contribution is 7.99. The van der Waals surface area contributed by atoms with Crippen LogP contribution in [0.1, 0.15) is 19.8 Å². The fourth-order valence-electron chi connectivity index (χ4n) is 3.84. The molecule has 2 unspecified atom stereocenters. The number of carbonyl (C=O) groups excluding carboxylic acids is 2. The predicted molar refractivity (Wildman–Crippen MR) is 121 cm³/mol. The van der Waals surface area contributed by atoms with Gasteiger partial charge in [0.25, 0.3) is 0 Å². The van der Waals surface area contributed by atoms with Crippen molar-refractivity contribution in [3.63, 3.8) is 0 Å². The number of hydrogen-bond acceptors (Lipinski definition) is 5. The predicted octanol–water partition coefficient (Wildman–Crippen LogP) is 3.14. The van der Waals surface area contributed by atoms with E-state index in [0.717, 1.165) is 29.9 Å². The number of nitrogens with two attached hydrogens (primary N) is 1. The second-order valence-corrected chi connectivity index (χ2v) is 8.65. The van der Waals surface area contributed by atoms with E-state index in [2.05, 4.69) is 10.2 Å². The monoisotopic (exact) mass is 435 g/mol. The van der Waals surface area contributed by atoms with E-state index in [0.29, 0.717) is 11.7 Å². The van der Waals surface area contributed by atoms with E-state index >= 15 is 0 Å². The summed E-state index contributed by atoms with van der Waals surface area (Å²) in [5.74, 6) is 0.306. The van der Waals surface area contributed by atoms with Gasteiger partial charge in [0.15, 0.2) is 11.0 Å². The molecule has 3 aromatic rings. The topological polar surface area (TPSA) is 94.1 Å². The van der Waals surface area contributed by atoms with Crippen LogP contribution in [-0.4, -0.2) is 49.8 Å². The molecule has 2 atom stereocenters. The van der Waals surface area contributed by atoms with Gasteiger partial charge in [-0.15, -0.1) is 10.2 Å². The highest BCUT2D eigenvalue weighted by atomic mass is 32.2. The van der Waals surface area contributed by atoms with Crippen molar-refractivity contribution in [2.75, 3.05) is 12.3 Å². The molecule has 7 nitrogen and oxygen atoms in total. The number of piperidine rings is 1. The first-order valence-electron chi connectivity index (χ1n) is 10.3. The van der Waals surface area contributed by atoms with Gasteiger partial charge < -0.3 is 10.6 Å². The van der Waals surface area contributed by atoms with Crippen LogP contribution >= 0.6 is 11.8 Å². The number of primary amides is 1. The minimum Gasteiger partial charge on any atom is -0.369 e. The molecule has 0 bridgehead atoms. The third kappa shape index (κ3) is 4.64. The smallest absolute Gasteiger partial charge is 0.233 e. The van der Waals surface area contributed by atoms with Crippen molar-refractivity contribution in [2.24, 2.45) is 11.7 Å². The van der Waals surface area contributed by atoms with Crippen molar-refractivity contribution in [1.82, 2.24) is 19.7 Å². The fraction of sp³-hybridized carbons (Fsp3) is 0.304. The van der Waals surface area contributed by atoms with Gasteiger partial charge in [0, 0.05) is 23.8 Å². The number of aromatic nitrogens is 3. The standard InChI is InChI=1S/C23H25N5O2S/c1-16-12-13-18(21(24)30)14-27(16)20(29)15-31-23-26-25-22(17-8-4-2-5-9-17)28(23)19-10-6-3-7-11-19/h2-11,16,18H,12-15H2,1H3,(H2,24,30). The van der Waals surface area contributed by atoms with Crippen molar-refractivity contribution in [2.45, 2.75) is 31.0 Å². The van der Waals surface area contributed by atoms with Crippen LogP contribution in [0.3, 0.4) is 0 Å². The van der Waals surface area contributed by atoms with E-state index in [1.807, 2.05) is 72.2 Å². The number of para-hydroxylation sites is 1. The van der Waals surface area contributed by atoms with Crippen molar-refractivity contribution < 1.29 is 9.59 Å². The van der Waals surface area contributed by atoms with E-state index in [4.69, 9.17) is 5.73 Å². The van der Waals surface area contributed by atoms with Crippen LogP contribution in [0.15, 0.2) is 65.8 Å². The lowest BCUT2D eigenvalue weighted by atomic mass is 9.93. The summed E-state index contributed by atoms with van der Waals surface area (Å²) in [7, 11) is 0. The third-order valence-electron chi connectivity index (χ3n) is 5.61. The molecule has 8 heteroatoms. The Bertz CT molecular complexity index is 1050. The highest BCUT2D eigenvalue weighted by Crippen LogP contribution is 2.29. The van der Waals surface area contributed by atoms with Gasteiger partial charge in [-0.1, -0.05) is 60.3 Å². The summed E-state index contributed by atoms with van der Waals surface area (Å²) in [5, 5.41) is 9.44. The normalized spacial score (nSPS) is 18.7. The van der Waals surface area contributed by atoms with E-state index in [9.17, 15) is 9.59 Å². The van der Waals surface area contributed by atoms with Gasteiger partial charge in [-0.2, -0.15) is 0 Å². The summed E-state index contributed by atoms with van der Waals surface area (Å²) in [5.41, 5.74) is 7.36. The Morgan fingerprint density at radius 3 is 2.39 bits per heavy atom. The Kier molecular flexibility index (Phi) is 6.36. The molecule has 0 saturated carbocycles. The van der Waals surface area contributed by atoms with E-state index in [-0.39, 0.29) is 29.5 Å². The van der Waals surface area contributed by atoms with E-state index in [1.165, 1.54) is 11.8 Å². The summed E-state index contributed by atoms with van der Waals surface area (Å²) in [6.45, 7) is 2.40. The second kappa shape index (κ2) is 9.34. The first kappa shape index (κ1) is 21.1. The van der Waals surface area contributed by atoms with Crippen LogP contribution in [0.4, 0.5) is 0 Å². The van der Waals surface area contributed by atoms with Gasteiger partial charge in [-0.3, -0.25) is 14.2 Å². The van der Waals surface area contributed by atoms with Crippen LogP contribution in [0.5, 0.6) is 0 Å². The van der Waals surface area contributed by atoms with Crippen LogP contribution in [-0.2, 0) is 9.59 Å². The number of benzene rings is 2.